The molecular weight excluding hydrogens is 150 g/mol. The minimum Gasteiger partial charge on any atom is -0.355 e. The van der Waals surface area contributed by atoms with Crippen molar-refractivity contribution in [2.24, 2.45) is 0 Å². The molecule has 0 atom stereocenters. The molecule has 0 aliphatic heterocycles. The van der Waals surface area contributed by atoms with Crippen LogP contribution in [0.2, 0.25) is 0 Å². The van der Waals surface area contributed by atoms with Gasteiger partial charge in [0.1, 0.15) is 0 Å². The van der Waals surface area contributed by atoms with E-state index in [1.807, 2.05) is 0 Å². The van der Waals surface area contributed by atoms with Crippen molar-refractivity contribution in [1.82, 2.24) is 4.72 Å². The lowest BCUT2D eigenvalue weighted by Gasteiger charge is -2.11. The fourth-order valence-electron chi connectivity index (χ4n) is 0.461. The summed E-state index contributed by atoms with van der Waals surface area (Å²) in [6.45, 7) is 3.02. The van der Waals surface area contributed by atoms with Gasteiger partial charge in [0.05, 0.1) is 5.75 Å². The molecule has 0 fully saturated rings. The summed E-state index contributed by atoms with van der Waals surface area (Å²) in [5, 5.41) is 0. The molecule has 0 radical (unpaired) electrons. The lowest BCUT2D eigenvalue weighted by molar-refractivity contribution is -0.0842. The summed E-state index contributed by atoms with van der Waals surface area (Å²) >= 11 is 1.61. The Morgan fingerprint density at radius 2 is 2.00 bits per heavy atom. The largest absolute Gasteiger partial charge is 0.355 e. The van der Waals surface area contributed by atoms with Gasteiger partial charge in [0.25, 0.3) is 0 Å². The molecule has 0 saturated carbocycles. The standard InChI is InChI=1S/C6H15NO2S/c1-4-7-10-5-6(8-2)9-3/h6-7H,4-5H2,1-3H3. The molecule has 0 heterocycles. The quantitative estimate of drug-likeness (QED) is 0.359. The summed E-state index contributed by atoms with van der Waals surface area (Å²) in [5.74, 6) is 0.820. The first-order valence-electron chi connectivity index (χ1n) is 3.25. The number of rotatable bonds is 6. The molecule has 3 nitrogen and oxygen atoms in total. The number of nitrogens with one attached hydrogen (secondary N) is 1. The minimum absolute atomic E-state index is 0.0935. The second-order valence-corrected chi connectivity index (χ2v) is 2.62. The van der Waals surface area contributed by atoms with Crippen molar-refractivity contribution in [3.63, 3.8) is 0 Å². The van der Waals surface area contributed by atoms with Gasteiger partial charge >= 0.3 is 0 Å². The zero-order valence-electron chi connectivity index (χ0n) is 6.72. The van der Waals surface area contributed by atoms with Gasteiger partial charge in [0.15, 0.2) is 6.29 Å². The molecule has 10 heavy (non-hydrogen) atoms. The summed E-state index contributed by atoms with van der Waals surface area (Å²) in [6.07, 6.45) is -0.0935. The van der Waals surface area contributed by atoms with Gasteiger partial charge in [-0.05, 0) is 0 Å². The van der Waals surface area contributed by atoms with E-state index in [4.69, 9.17) is 9.47 Å². The maximum absolute atomic E-state index is 4.96. The first-order chi connectivity index (χ1) is 4.85. The van der Waals surface area contributed by atoms with Crippen LogP contribution in [0.1, 0.15) is 6.92 Å². The molecule has 0 aromatic heterocycles. The molecule has 0 aromatic carbocycles. The van der Waals surface area contributed by atoms with Crippen LogP contribution in [-0.2, 0) is 9.47 Å². The Kier molecular flexibility index (Phi) is 7.51. The Bertz CT molecular complexity index is 68.8. The SMILES string of the molecule is CCNSCC(OC)OC. The van der Waals surface area contributed by atoms with Gasteiger partial charge < -0.3 is 9.47 Å². The van der Waals surface area contributed by atoms with Gasteiger partial charge in [-0.1, -0.05) is 18.9 Å². The molecular formula is C6H15NO2S. The molecule has 0 unspecified atom stereocenters. The molecule has 1 N–H and O–H groups in total. The zero-order valence-corrected chi connectivity index (χ0v) is 7.53. The summed E-state index contributed by atoms with van der Waals surface area (Å²) in [6, 6.07) is 0. The van der Waals surface area contributed by atoms with Crippen LogP contribution in [0.4, 0.5) is 0 Å². The van der Waals surface area contributed by atoms with Crippen molar-refractivity contribution in [2.45, 2.75) is 13.2 Å². The smallest absolute Gasteiger partial charge is 0.167 e. The van der Waals surface area contributed by atoms with Crippen LogP contribution in [-0.4, -0.2) is 32.8 Å². The first kappa shape index (κ1) is 10.2. The van der Waals surface area contributed by atoms with E-state index in [2.05, 4.69) is 11.6 Å². The van der Waals surface area contributed by atoms with Crippen LogP contribution < -0.4 is 4.72 Å². The van der Waals surface area contributed by atoms with Crippen molar-refractivity contribution >= 4 is 11.9 Å². The third-order valence-corrected chi connectivity index (χ3v) is 1.92. The van der Waals surface area contributed by atoms with Crippen LogP contribution in [0.5, 0.6) is 0 Å². The average molecular weight is 165 g/mol. The highest BCUT2D eigenvalue weighted by atomic mass is 32.2. The topological polar surface area (TPSA) is 30.5 Å². The monoisotopic (exact) mass is 165 g/mol. The summed E-state index contributed by atoms with van der Waals surface area (Å²) in [5.41, 5.74) is 0. The molecule has 0 rings (SSSR count). The minimum atomic E-state index is -0.0935. The van der Waals surface area contributed by atoms with Gasteiger partial charge in [-0.2, -0.15) is 0 Å². The van der Waals surface area contributed by atoms with E-state index < -0.39 is 0 Å². The molecule has 0 saturated heterocycles. The third-order valence-electron chi connectivity index (χ3n) is 0.992. The highest BCUT2D eigenvalue weighted by molar-refractivity contribution is 7.97. The molecule has 0 spiro atoms. The van der Waals surface area contributed by atoms with Gasteiger partial charge in [0.2, 0.25) is 0 Å². The van der Waals surface area contributed by atoms with Gasteiger partial charge in [-0.3, -0.25) is 4.72 Å². The van der Waals surface area contributed by atoms with E-state index in [0.29, 0.717) is 0 Å². The Morgan fingerprint density at radius 1 is 1.40 bits per heavy atom. The molecule has 0 amide bonds. The Morgan fingerprint density at radius 3 is 2.40 bits per heavy atom. The molecule has 0 aliphatic rings. The van der Waals surface area contributed by atoms with E-state index in [0.717, 1.165) is 12.3 Å². The number of ether oxygens (including phenoxy) is 2. The second kappa shape index (κ2) is 7.34. The molecule has 0 aliphatic carbocycles. The van der Waals surface area contributed by atoms with Crippen molar-refractivity contribution in [3.8, 4) is 0 Å². The predicted octanol–water partition coefficient (Wildman–Crippen LogP) is 0.863. The molecule has 0 aromatic rings. The van der Waals surface area contributed by atoms with E-state index in [1.54, 1.807) is 26.2 Å². The second-order valence-electron chi connectivity index (χ2n) is 1.71. The molecule has 4 heteroatoms. The predicted molar refractivity (Wildman–Crippen MR) is 43.9 cm³/mol. The van der Waals surface area contributed by atoms with Crippen molar-refractivity contribution in [2.75, 3.05) is 26.5 Å². The van der Waals surface area contributed by atoms with Crippen LogP contribution in [0.25, 0.3) is 0 Å². The maximum Gasteiger partial charge on any atom is 0.167 e. The lowest BCUT2D eigenvalue weighted by atomic mass is 10.7. The zero-order chi connectivity index (χ0) is 7.82. The van der Waals surface area contributed by atoms with Crippen molar-refractivity contribution < 1.29 is 9.47 Å². The fourth-order valence-corrected chi connectivity index (χ4v) is 1.19. The number of hydrogen-bond donors (Lipinski definition) is 1. The first-order valence-corrected chi connectivity index (χ1v) is 4.24. The summed E-state index contributed by atoms with van der Waals surface area (Å²) < 4.78 is 13.0. The summed E-state index contributed by atoms with van der Waals surface area (Å²) in [7, 11) is 3.28. The molecule has 62 valence electrons. The maximum atomic E-state index is 4.96. The van der Waals surface area contributed by atoms with E-state index in [1.165, 1.54) is 0 Å². The average Bonchev–Trinajstić information content (AvgIpc) is 1.99. The van der Waals surface area contributed by atoms with E-state index in [9.17, 15) is 0 Å². The Balaban J connectivity index is 3.09. The number of hydrogen-bond acceptors (Lipinski definition) is 4. The van der Waals surface area contributed by atoms with Crippen LogP contribution in [0.15, 0.2) is 0 Å². The normalized spacial score (nSPS) is 10.8. The third kappa shape index (κ3) is 5.05. The van der Waals surface area contributed by atoms with Crippen LogP contribution in [0.3, 0.4) is 0 Å². The lowest BCUT2D eigenvalue weighted by Crippen LogP contribution is -2.18. The Labute approximate surface area is 66.6 Å². The van der Waals surface area contributed by atoms with Crippen LogP contribution >= 0.6 is 11.9 Å². The Hall–Kier alpha value is 0.230. The van der Waals surface area contributed by atoms with Crippen molar-refractivity contribution in [3.05, 3.63) is 0 Å². The highest BCUT2D eigenvalue weighted by Gasteiger charge is 2.02. The van der Waals surface area contributed by atoms with Gasteiger partial charge in [0, 0.05) is 20.8 Å². The number of methoxy groups -OCH3 is 2. The highest BCUT2D eigenvalue weighted by Crippen LogP contribution is 2.00. The van der Waals surface area contributed by atoms with E-state index in [-0.39, 0.29) is 6.29 Å². The van der Waals surface area contributed by atoms with Gasteiger partial charge in [-0.25, -0.2) is 0 Å². The van der Waals surface area contributed by atoms with Crippen molar-refractivity contribution in [1.29, 1.82) is 0 Å². The molecule has 0 bridgehead atoms. The van der Waals surface area contributed by atoms with E-state index >= 15 is 0 Å². The van der Waals surface area contributed by atoms with Crippen LogP contribution in [0, 0.1) is 0 Å². The summed E-state index contributed by atoms with van der Waals surface area (Å²) in [4.78, 5) is 0. The van der Waals surface area contributed by atoms with Gasteiger partial charge in [-0.15, -0.1) is 0 Å². The fraction of sp³-hybridized carbons (Fsp3) is 1.00.